The third-order valence-corrected chi connectivity index (χ3v) is 4.47. The normalized spacial score (nSPS) is 19.1. The summed E-state index contributed by atoms with van der Waals surface area (Å²) in [6.45, 7) is 13.3. The van der Waals surface area contributed by atoms with Crippen LogP contribution in [-0.2, 0) is 6.42 Å². The summed E-state index contributed by atoms with van der Waals surface area (Å²) in [5.74, 6) is 0.753. The van der Waals surface area contributed by atoms with Gasteiger partial charge in [0.05, 0.1) is 0 Å². The van der Waals surface area contributed by atoms with Gasteiger partial charge in [-0.3, -0.25) is 4.90 Å². The molecule has 1 aliphatic rings. The van der Waals surface area contributed by atoms with Crippen molar-refractivity contribution in [2.24, 2.45) is 11.7 Å². The van der Waals surface area contributed by atoms with Crippen molar-refractivity contribution >= 4 is 0 Å². The first-order chi connectivity index (χ1) is 10.1. The van der Waals surface area contributed by atoms with Crippen LogP contribution in [-0.4, -0.2) is 49.1 Å². The highest BCUT2D eigenvalue weighted by Crippen LogP contribution is 2.22. The summed E-state index contributed by atoms with van der Waals surface area (Å²) >= 11 is 0. The zero-order valence-corrected chi connectivity index (χ0v) is 13.9. The number of nitrogens with zero attached hydrogens (tertiary/aromatic N) is 2. The fourth-order valence-electron chi connectivity index (χ4n) is 3.25. The lowest BCUT2D eigenvalue weighted by Gasteiger charge is -2.39. The van der Waals surface area contributed by atoms with Crippen LogP contribution in [0.25, 0.3) is 0 Å². The van der Waals surface area contributed by atoms with E-state index in [0.717, 1.165) is 25.4 Å². The van der Waals surface area contributed by atoms with Crippen LogP contribution < -0.4 is 5.73 Å². The summed E-state index contributed by atoms with van der Waals surface area (Å²) in [7, 11) is 0. The number of nitrogens with two attached hydrogens (primary N) is 1. The highest BCUT2D eigenvalue weighted by atomic mass is 15.3. The van der Waals surface area contributed by atoms with Crippen LogP contribution in [0.3, 0.4) is 0 Å². The molecule has 1 fully saturated rings. The molecular formula is C18H31N3. The molecule has 1 aromatic carbocycles. The first-order valence-electron chi connectivity index (χ1n) is 8.39. The molecule has 21 heavy (non-hydrogen) atoms. The average Bonchev–Trinajstić information content (AvgIpc) is 2.50. The van der Waals surface area contributed by atoms with Crippen molar-refractivity contribution in [1.82, 2.24) is 9.80 Å². The molecule has 0 amide bonds. The summed E-state index contributed by atoms with van der Waals surface area (Å²) in [5, 5.41) is 0. The van der Waals surface area contributed by atoms with Gasteiger partial charge in [0.15, 0.2) is 0 Å². The number of piperazine rings is 1. The Labute approximate surface area is 130 Å². The van der Waals surface area contributed by atoms with Crippen LogP contribution in [0.15, 0.2) is 24.3 Å². The molecule has 1 atom stereocenters. The highest BCUT2D eigenvalue weighted by Gasteiger charge is 2.24. The van der Waals surface area contributed by atoms with Crippen LogP contribution >= 0.6 is 0 Å². The van der Waals surface area contributed by atoms with E-state index in [1.165, 1.54) is 30.8 Å². The second-order valence-electron chi connectivity index (χ2n) is 6.58. The van der Waals surface area contributed by atoms with Gasteiger partial charge in [-0.15, -0.1) is 0 Å². The van der Waals surface area contributed by atoms with E-state index in [4.69, 9.17) is 5.73 Å². The van der Waals surface area contributed by atoms with E-state index >= 15 is 0 Å². The fraction of sp³-hybridized carbons (Fsp3) is 0.667. The Balaban J connectivity index is 1.95. The van der Waals surface area contributed by atoms with E-state index in [0.29, 0.717) is 12.6 Å². The average molecular weight is 289 g/mol. The second-order valence-corrected chi connectivity index (χ2v) is 6.58. The van der Waals surface area contributed by atoms with Gasteiger partial charge in [-0.2, -0.15) is 0 Å². The number of hydrogen-bond donors (Lipinski definition) is 1. The van der Waals surface area contributed by atoms with Crippen molar-refractivity contribution in [3.8, 4) is 0 Å². The highest BCUT2D eigenvalue weighted by molar-refractivity contribution is 5.25. The van der Waals surface area contributed by atoms with E-state index in [9.17, 15) is 0 Å². The molecule has 1 aliphatic heterocycles. The third-order valence-electron chi connectivity index (χ3n) is 4.47. The lowest BCUT2D eigenvalue weighted by molar-refractivity contribution is 0.0912. The first kappa shape index (κ1) is 16.5. The smallest absolute Gasteiger partial charge is 0.0471 e. The van der Waals surface area contributed by atoms with Crippen molar-refractivity contribution in [2.45, 2.75) is 33.2 Å². The quantitative estimate of drug-likeness (QED) is 0.873. The van der Waals surface area contributed by atoms with Crippen molar-refractivity contribution in [2.75, 3.05) is 39.3 Å². The van der Waals surface area contributed by atoms with Gasteiger partial charge in [0.1, 0.15) is 0 Å². The first-order valence-corrected chi connectivity index (χ1v) is 8.39. The minimum atomic E-state index is 0.372. The number of benzene rings is 1. The molecular weight excluding hydrogens is 258 g/mol. The van der Waals surface area contributed by atoms with Crippen molar-refractivity contribution in [3.05, 3.63) is 35.4 Å². The predicted molar refractivity (Wildman–Crippen MR) is 90.5 cm³/mol. The summed E-state index contributed by atoms with van der Waals surface area (Å²) < 4.78 is 0. The maximum absolute atomic E-state index is 6.07. The van der Waals surface area contributed by atoms with Crippen LogP contribution in [0.1, 0.15) is 37.9 Å². The Morgan fingerprint density at radius 1 is 1.05 bits per heavy atom. The van der Waals surface area contributed by atoms with Gasteiger partial charge in [-0.05, 0) is 23.5 Å². The van der Waals surface area contributed by atoms with Crippen LogP contribution in [0, 0.1) is 5.92 Å². The molecule has 1 aromatic rings. The van der Waals surface area contributed by atoms with Crippen molar-refractivity contribution in [1.29, 1.82) is 0 Å². The zero-order chi connectivity index (χ0) is 15.2. The molecule has 2 N–H and O–H groups in total. The summed E-state index contributed by atoms with van der Waals surface area (Å²) in [5.41, 5.74) is 8.83. The third kappa shape index (κ3) is 4.53. The molecule has 0 saturated carbocycles. The predicted octanol–water partition coefficient (Wildman–Crippen LogP) is 2.52. The molecule has 118 valence electrons. The Hall–Kier alpha value is -0.900. The Morgan fingerprint density at radius 2 is 1.67 bits per heavy atom. The van der Waals surface area contributed by atoms with E-state index in [2.05, 4.69) is 54.8 Å². The van der Waals surface area contributed by atoms with Crippen molar-refractivity contribution in [3.63, 3.8) is 0 Å². The van der Waals surface area contributed by atoms with Crippen LogP contribution in [0.5, 0.6) is 0 Å². The van der Waals surface area contributed by atoms with Gasteiger partial charge in [0, 0.05) is 45.3 Å². The Morgan fingerprint density at radius 3 is 2.14 bits per heavy atom. The van der Waals surface area contributed by atoms with E-state index in [-0.39, 0.29) is 0 Å². The molecule has 0 radical (unpaired) electrons. The topological polar surface area (TPSA) is 32.5 Å². The second kappa shape index (κ2) is 7.92. The van der Waals surface area contributed by atoms with Gasteiger partial charge in [-0.1, -0.05) is 45.0 Å². The fourth-order valence-corrected chi connectivity index (χ4v) is 3.25. The molecule has 1 unspecified atom stereocenters. The minimum absolute atomic E-state index is 0.372. The van der Waals surface area contributed by atoms with Gasteiger partial charge in [0.2, 0.25) is 0 Å². The largest absolute Gasteiger partial charge is 0.329 e. The van der Waals surface area contributed by atoms with E-state index in [1.54, 1.807) is 0 Å². The van der Waals surface area contributed by atoms with Gasteiger partial charge < -0.3 is 10.6 Å². The standard InChI is InChI=1S/C18H31N3/c1-4-16-5-7-17(8-6-16)18(13-19)21-11-9-20(10-12-21)14-15(2)3/h5-8,15,18H,4,9-14,19H2,1-3H3. The molecule has 1 saturated heterocycles. The number of rotatable bonds is 6. The Kier molecular flexibility index (Phi) is 6.22. The maximum atomic E-state index is 6.07. The van der Waals surface area contributed by atoms with Gasteiger partial charge >= 0.3 is 0 Å². The lowest BCUT2D eigenvalue weighted by Crippen LogP contribution is -2.49. The maximum Gasteiger partial charge on any atom is 0.0471 e. The molecule has 0 bridgehead atoms. The molecule has 0 spiro atoms. The Bertz CT molecular complexity index is 405. The van der Waals surface area contributed by atoms with Crippen LogP contribution in [0.4, 0.5) is 0 Å². The number of hydrogen-bond acceptors (Lipinski definition) is 3. The monoisotopic (exact) mass is 289 g/mol. The van der Waals surface area contributed by atoms with Crippen molar-refractivity contribution < 1.29 is 0 Å². The molecule has 3 nitrogen and oxygen atoms in total. The molecule has 2 rings (SSSR count). The molecule has 0 aliphatic carbocycles. The van der Waals surface area contributed by atoms with Crippen LogP contribution in [0.2, 0.25) is 0 Å². The lowest BCUT2D eigenvalue weighted by atomic mass is 10.0. The summed E-state index contributed by atoms with van der Waals surface area (Å²) in [6, 6.07) is 9.38. The SMILES string of the molecule is CCc1ccc(C(CN)N2CCN(CC(C)C)CC2)cc1. The summed E-state index contributed by atoms with van der Waals surface area (Å²) in [4.78, 5) is 5.13. The minimum Gasteiger partial charge on any atom is -0.329 e. The number of aryl methyl sites for hydroxylation is 1. The molecule has 3 heteroatoms. The molecule has 1 heterocycles. The van der Waals surface area contributed by atoms with Gasteiger partial charge in [0.25, 0.3) is 0 Å². The van der Waals surface area contributed by atoms with Gasteiger partial charge in [-0.25, -0.2) is 0 Å². The van der Waals surface area contributed by atoms with E-state index < -0.39 is 0 Å². The molecule has 0 aromatic heterocycles. The summed E-state index contributed by atoms with van der Waals surface area (Å²) in [6.07, 6.45) is 1.10. The van der Waals surface area contributed by atoms with E-state index in [1.807, 2.05) is 0 Å². The zero-order valence-electron chi connectivity index (χ0n) is 13.9.